The van der Waals surface area contributed by atoms with E-state index >= 15 is 0 Å². The van der Waals surface area contributed by atoms with Gasteiger partial charge in [0.2, 0.25) is 0 Å². The first-order valence-corrected chi connectivity index (χ1v) is 10.3. The first-order chi connectivity index (χ1) is 14.8. The Morgan fingerprint density at radius 2 is 1.80 bits per heavy atom. The number of thiocarbonyl (C=S) groups is 1. The molecule has 4 aromatic heterocycles. The van der Waals surface area contributed by atoms with Crippen molar-refractivity contribution in [1.29, 1.82) is 0 Å². The zero-order chi connectivity index (χ0) is 20.3. The fraction of sp³-hybridized carbons (Fsp3) is 0.174. The van der Waals surface area contributed by atoms with Gasteiger partial charge in [-0.3, -0.25) is 9.97 Å². The highest BCUT2D eigenvalue weighted by atomic mass is 32.1. The first-order valence-electron chi connectivity index (χ1n) is 9.85. The van der Waals surface area contributed by atoms with E-state index in [4.69, 9.17) is 16.6 Å². The topological polar surface area (TPSA) is 59.1 Å². The maximum atomic E-state index is 5.74. The minimum atomic E-state index is -0.0638. The van der Waals surface area contributed by atoms with Crippen molar-refractivity contribution in [2.45, 2.75) is 25.2 Å². The second kappa shape index (κ2) is 8.12. The van der Waals surface area contributed by atoms with Crippen LogP contribution in [0.15, 0.2) is 89.9 Å². The fourth-order valence-electron chi connectivity index (χ4n) is 3.97. The summed E-state index contributed by atoms with van der Waals surface area (Å²) in [6.07, 6.45) is 7.42. The van der Waals surface area contributed by atoms with Crippen molar-refractivity contribution in [3.8, 4) is 0 Å². The van der Waals surface area contributed by atoms with Crippen molar-refractivity contribution < 1.29 is 4.42 Å². The third-order valence-electron chi connectivity index (χ3n) is 5.33. The van der Waals surface area contributed by atoms with Gasteiger partial charge in [-0.1, -0.05) is 12.1 Å². The molecule has 0 aliphatic carbocycles. The lowest BCUT2D eigenvalue weighted by Gasteiger charge is -2.28. The molecule has 1 fully saturated rings. The van der Waals surface area contributed by atoms with Gasteiger partial charge in [0, 0.05) is 24.3 Å². The molecule has 1 aliphatic heterocycles. The lowest BCUT2D eigenvalue weighted by molar-refractivity contribution is 0.277. The summed E-state index contributed by atoms with van der Waals surface area (Å²) in [5.41, 5.74) is 3.11. The Morgan fingerprint density at radius 1 is 0.933 bits per heavy atom. The molecule has 30 heavy (non-hydrogen) atoms. The number of hydrogen-bond donors (Lipinski definition) is 1. The van der Waals surface area contributed by atoms with Crippen LogP contribution in [0, 0.1) is 0 Å². The van der Waals surface area contributed by atoms with Crippen LogP contribution >= 0.6 is 12.2 Å². The maximum Gasteiger partial charge on any atom is 0.170 e. The monoisotopic (exact) mass is 415 g/mol. The molecular formula is C23H21N5OS. The van der Waals surface area contributed by atoms with Crippen molar-refractivity contribution in [2.24, 2.45) is 0 Å². The van der Waals surface area contributed by atoms with Crippen molar-refractivity contribution >= 4 is 17.3 Å². The fourth-order valence-corrected chi connectivity index (χ4v) is 4.28. The van der Waals surface area contributed by atoms with Crippen molar-refractivity contribution in [3.63, 3.8) is 0 Å². The summed E-state index contributed by atoms with van der Waals surface area (Å²) in [5.74, 6) is 0.869. The number of hydrogen-bond acceptors (Lipinski definition) is 4. The van der Waals surface area contributed by atoms with Crippen molar-refractivity contribution in [2.75, 3.05) is 0 Å². The highest BCUT2D eigenvalue weighted by molar-refractivity contribution is 7.80. The molecule has 0 spiro atoms. The Bertz CT molecular complexity index is 1110. The Kier molecular flexibility index (Phi) is 5.03. The Labute approximate surface area is 180 Å². The molecule has 2 atom stereocenters. The van der Waals surface area contributed by atoms with Crippen molar-refractivity contribution in [3.05, 3.63) is 108 Å². The van der Waals surface area contributed by atoms with E-state index in [1.165, 1.54) is 0 Å². The summed E-state index contributed by atoms with van der Waals surface area (Å²) in [7, 11) is 0. The van der Waals surface area contributed by atoms with Gasteiger partial charge in [-0.05, 0) is 60.7 Å². The molecule has 5 heterocycles. The molecule has 1 N–H and O–H groups in total. The lowest BCUT2D eigenvalue weighted by atomic mass is 10.0. The van der Waals surface area contributed by atoms with Crippen molar-refractivity contribution in [1.82, 2.24) is 24.8 Å². The Balaban J connectivity index is 1.54. The molecule has 7 heteroatoms. The van der Waals surface area contributed by atoms with E-state index in [2.05, 4.69) is 43.1 Å². The maximum absolute atomic E-state index is 5.74. The zero-order valence-electron chi connectivity index (χ0n) is 16.3. The van der Waals surface area contributed by atoms with Crippen LogP contribution in [0.1, 0.15) is 34.9 Å². The molecule has 0 radical (unpaired) electrons. The number of rotatable bonds is 6. The summed E-state index contributed by atoms with van der Waals surface area (Å²) in [6, 6.07) is 19.9. The third-order valence-corrected chi connectivity index (χ3v) is 5.68. The molecule has 150 valence electrons. The van der Waals surface area contributed by atoms with E-state index in [1.807, 2.05) is 60.9 Å². The largest absolute Gasteiger partial charge is 0.467 e. The predicted molar refractivity (Wildman–Crippen MR) is 117 cm³/mol. The molecule has 0 unspecified atom stereocenters. The van der Waals surface area contributed by atoms with Crippen LogP contribution in [0.4, 0.5) is 0 Å². The van der Waals surface area contributed by atoms with Gasteiger partial charge in [0.05, 0.1) is 42.8 Å². The van der Waals surface area contributed by atoms with Crippen LogP contribution < -0.4 is 5.32 Å². The number of nitrogens with one attached hydrogen (secondary N) is 1. The van der Waals surface area contributed by atoms with Gasteiger partial charge in [-0.2, -0.15) is 0 Å². The van der Waals surface area contributed by atoms with E-state index in [1.54, 1.807) is 6.26 Å². The molecule has 4 aromatic rings. The number of aromatic nitrogens is 3. The number of furan rings is 1. The Hall–Kier alpha value is -3.45. The summed E-state index contributed by atoms with van der Waals surface area (Å²) in [6.45, 7) is 1.28. The second-order valence-corrected chi connectivity index (χ2v) is 7.60. The predicted octanol–water partition coefficient (Wildman–Crippen LogP) is 4.09. The highest BCUT2D eigenvalue weighted by Crippen LogP contribution is 2.39. The van der Waals surface area contributed by atoms with Gasteiger partial charge < -0.3 is 19.2 Å². The van der Waals surface area contributed by atoms with Crippen LogP contribution in [0.2, 0.25) is 0 Å². The zero-order valence-corrected chi connectivity index (χ0v) is 17.1. The van der Waals surface area contributed by atoms with E-state index in [0.717, 1.165) is 22.8 Å². The molecule has 1 aliphatic rings. The van der Waals surface area contributed by atoms with Crippen LogP contribution in [0.3, 0.4) is 0 Å². The average Bonchev–Trinajstić information content (AvgIpc) is 3.52. The van der Waals surface area contributed by atoms with Gasteiger partial charge >= 0.3 is 0 Å². The smallest absolute Gasteiger partial charge is 0.170 e. The Morgan fingerprint density at radius 3 is 2.53 bits per heavy atom. The lowest BCUT2D eigenvalue weighted by Crippen LogP contribution is -2.30. The van der Waals surface area contributed by atoms with E-state index < -0.39 is 0 Å². The minimum Gasteiger partial charge on any atom is -0.467 e. The summed E-state index contributed by atoms with van der Waals surface area (Å²) in [5, 5.41) is 4.18. The SMILES string of the molecule is S=C1N[C@@H](c2ccccn2)[C@H](c2cccn2Cc2ccccn2)N1Cc1ccco1. The average molecular weight is 416 g/mol. The highest BCUT2D eigenvalue weighted by Gasteiger charge is 2.41. The van der Waals surface area contributed by atoms with Gasteiger partial charge in [0.25, 0.3) is 0 Å². The van der Waals surface area contributed by atoms with Gasteiger partial charge in [0.15, 0.2) is 5.11 Å². The third kappa shape index (κ3) is 3.59. The van der Waals surface area contributed by atoms with Crippen LogP contribution in [0.5, 0.6) is 0 Å². The molecule has 6 nitrogen and oxygen atoms in total. The van der Waals surface area contributed by atoms with Crippen LogP contribution in [-0.2, 0) is 13.1 Å². The minimum absolute atomic E-state index is 0.0313. The van der Waals surface area contributed by atoms with E-state index in [-0.39, 0.29) is 12.1 Å². The van der Waals surface area contributed by atoms with Gasteiger partial charge in [-0.25, -0.2) is 0 Å². The summed E-state index contributed by atoms with van der Waals surface area (Å²) >= 11 is 5.74. The first kappa shape index (κ1) is 18.6. The molecule has 0 bridgehead atoms. The standard InChI is InChI=1S/C23H21N5OS/c30-23-26-21(19-9-2-4-12-25-19)22(28(23)16-18-8-6-14-29-18)20-10-5-13-27(20)15-17-7-1-3-11-24-17/h1-14,21-22H,15-16H2,(H,26,30)/t21-,22-/m0/s1. The molecule has 0 aromatic carbocycles. The van der Waals surface area contributed by atoms with E-state index in [9.17, 15) is 0 Å². The normalized spacial score (nSPS) is 18.5. The van der Waals surface area contributed by atoms with E-state index in [0.29, 0.717) is 18.2 Å². The summed E-state index contributed by atoms with van der Waals surface area (Å²) in [4.78, 5) is 11.3. The summed E-state index contributed by atoms with van der Waals surface area (Å²) < 4.78 is 7.84. The number of nitrogens with zero attached hydrogens (tertiary/aromatic N) is 4. The quantitative estimate of drug-likeness (QED) is 0.479. The van der Waals surface area contributed by atoms with Gasteiger partial charge in [-0.15, -0.1) is 0 Å². The number of pyridine rings is 2. The van der Waals surface area contributed by atoms with Gasteiger partial charge in [0.1, 0.15) is 5.76 Å². The van der Waals surface area contributed by atoms with Crippen LogP contribution in [-0.4, -0.2) is 24.5 Å². The second-order valence-electron chi connectivity index (χ2n) is 7.22. The molecule has 0 amide bonds. The molecule has 1 saturated heterocycles. The molecular weight excluding hydrogens is 394 g/mol. The molecule has 5 rings (SSSR count). The van der Waals surface area contributed by atoms with Crippen LogP contribution in [0.25, 0.3) is 0 Å². The molecule has 0 saturated carbocycles.